The number of nitrogens with zero attached hydrogens (tertiary/aromatic N) is 3. The van der Waals surface area contributed by atoms with E-state index in [-0.39, 0.29) is 5.75 Å². The molecule has 7 heteroatoms. The lowest BCUT2D eigenvalue weighted by atomic mass is 10.3. The summed E-state index contributed by atoms with van der Waals surface area (Å²) in [5.41, 5.74) is 1.03. The smallest absolute Gasteiger partial charge is 0.195 e. The van der Waals surface area contributed by atoms with Gasteiger partial charge in [0.15, 0.2) is 5.16 Å². The first-order valence-electron chi connectivity index (χ1n) is 6.86. The minimum Gasteiger partial charge on any atom is -0.274 e. The van der Waals surface area contributed by atoms with E-state index in [9.17, 15) is 8.42 Å². The monoisotopic (exact) mass is 323 g/mol. The molecule has 0 saturated heterocycles. The van der Waals surface area contributed by atoms with E-state index in [1.54, 1.807) is 0 Å². The molecule has 0 spiro atoms. The van der Waals surface area contributed by atoms with Crippen LogP contribution in [0.3, 0.4) is 0 Å². The van der Waals surface area contributed by atoms with Crippen molar-refractivity contribution in [2.75, 3.05) is 17.8 Å². The van der Waals surface area contributed by atoms with E-state index in [1.807, 2.05) is 30.3 Å². The van der Waals surface area contributed by atoms with Crippen molar-refractivity contribution >= 4 is 21.6 Å². The molecule has 5 nitrogen and oxygen atoms in total. The second-order valence-corrected chi connectivity index (χ2v) is 8.59. The average Bonchev–Trinajstić information content (AvgIpc) is 3.20. The van der Waals surface area contributed by atoms with Gasteiger partial charge >= 0.3 is 0 Å². The predicted molar refractivity (Wildman–Crippen MR) is 83.8 cm³/mol. The highest BCUT2D eigenvalue weighted by atomic mass is 32.2. The standard InChI is InChI=1S/C14H17N3O2S2/c1-21(18,19)10-9-20-14-16-15-13(11-7-8-11)17(14)12-5-3-2-4-6-12/h2-6,11H,7-10H2,1H3. The molecule has 2 aromatic rings. The van der Waals surface area contributed by atoms with E-state index < -0.39 is 9.84 Å². The van der Waals surface area contributed by atoms with Crippen molar-refractivity contribution in [3.8, 4) is 5.69 Å². The van der Waals surface area contributed by atoms with Crippen LogP contribution in [0.25, 0.3) is 5.69 Å². The average molecular weight is 323 g/mol. The highest BCUT2D eigenvalue weighted by Crippen LogP contribution is 2.41. The van der Waals surface area contributed by atoms with Gasteiger partial charge in [0, 0.05) is 23.6 Å². The van der Waals surface area contributed by atoms with E-state index in [0.29, 0.717) is 11.7 Å². The summed E-state index contributed by atoms with van der Waals surface area (Å²) < 4.78 is 24.5. The molecule has 1 saturated carbocycles. The molecule has 0 amide bonds. The first-order valence-corrected chi connectivity index (χ1v) is 9.90. The van der Waals surface area contributed by atoms with Crippen LogP contribution < -0.4 is 0 Å². The van der Waals surface area contributed by atoms with Gasteiger partial charge in [0.25, 0.3) is 0 Å². The van der Waals surface area contributed by atoms with Gasteiger partial charge in [-0.1, -0.05) is 30.0 Å². The molecular formula is C14H17N3O2S2. The highest BCUT2D eigenvalue weighted by molar-refractivity contribution is 8.00. The van der Waals surface area contributed by atoms with Crippen LogP contribution in [0.15, 0.2) is 35.5 Å². The van der Waals surface area contributed by atoms with E-state index in [2.05, 4.69) is 14.8 Å². The molecule has 1 aliphatic rings. The van der Waals surface area contributed by atoms with Gasteiger partial charge in [-0.05, 0) is 25.0 Å². The van der Waals surface area contributed by atoms with E-state index >= 15 is 0 Å². The Labute approximate surface area is 128 Å². The maximum Gasteiger partial charge on any atom is 0.195 e. The zero-order chi connectivity index (χ0) is 14.9. The number of rotatable bonds is 6. The number of thioether (sulfide) groups is 1. The van der Waals surface area contributed by atoms with Crippen molar-refractivity contribution in [1.29, 1.82) is 0 Å². The summed E-state index contributed by atoms with van der Waals surface area (Å²) in [5, 5.41) is 9.34. The maximum absolute atomic E-state index is 11.2. The SMILES string of the molecule is CS(=O)(=O)CCSc1nnc(C2CC2)n1-c1ccccc1. The molecule has 0 bridgehead atoms. The third-order valence-electron chi connectivity index (χ3n) is 3.30. The molecular weight excluding hydrogens is 306 g/mol. The van der Waals surface area contributed by atoms with Crippen LogP contribution in [0.4, 0.5) is 0 Å². The van der Waals surface area contributed by atoms with Gasteiger partial charge in [0.2, 0.25) is 0 Å². The minimum atomic E-state index is -2.95. The van der Waals surface area contributed by atoms with Crippen molar-refractivity contribution in [3.63, 3.8) is 0 Å². The van der Waals surface area contributed by atoms with Crippen molar-refractivity contribution in [1.82, 2.24) is 14.8 Å². The summed E-state index contributed by atoms with van der Waals surface area (Å²) in [6, 6.07) is 9.99. The minimum absolute atomic E-state index is 0.151. The summed E-state index contributed by atoms with van der Waals surface area (Å²) in [6.45, 7) is 0. The number of sulfone groups is 1. The number of hydrogen-bond donors (Lipinski definition) is 0. The molecule has 3 rings (SSSR count). The molecule has 1 heterocycles. The third-order valence-corrected chi connectivity index (χ3v) is 5.44. The van der Waals surface area contributed by atoms with Crippen molar-refractivity contribution in [2.24, 2.45) is 0 Å². The summed E-state index contributed by atoms with van der Waals surface area (Å²) in [7, 11) is -2.95. The van der Waals surface area contributed by atoms with Crippen LogP contribution in [0.2, 0.25) is 0 Å². The molecule has 0 aliphatic heterocycles. The fraction of sp³-hybridized carbons (Fsp3) is 0.429. The van der Waals surface area contributed by atoms with Crippen LogP contribution in [-0.4, -0.2) is 40.9 Å². The Bertz CT molecular complexity index is 722. The number of benzene rings is 1. The fourth-order valence-corrected chi connectivity index (χ4v) is 4.24. The Morgan fingerprint density at radius 1 is 1.24 bits per heavy atom. The zero-order valence-electron chi connectivity index (χ0n) is 11.8. The van der Waals surface area contributed by atoms with Crippen LogP contribution >= 0.6 is 11.8 Å². The molecule has 0 unspecified atom stereocenters. The molecule has 0 radical (unpaired) electrons. The van der Waals surface area contributed by atoms with E-state index in [1.165, 1.54) is 18.0 Å². The topological polar surface area (TPSA) is 64.8 Å². The molecule has 1 fully saturated rings. The molecule has 112 valence electrons. The van der Waals surface area contributed by atoms with Crippen molar-refractivity contribution in [2.45, 2.75) is 23.9 Å². The lowest BCUT2D eigenvalue weighted by Crippen LogP contribution is -2.07. The third kappa shape index (κ3) is 3.65. The van der Waals surface area contributed by atoms with Gasteiger partial charge in [0.1, 0.15) is 15.7 Å². The number of aromatic nitrogens is 3. The number of hydrogen-bond acceptors (Lipinski definition) is 5. The predicted octanol–water partition coefficient (Wildman–Crippen LogP) is 2.28. The lowest BCUT2D eigenvalue weighted by Gasteiger charge is -2.09. The summed E-state index contributed by atoms with van der Waals surface area (Å²) in [6.07, 6.45) is 3.56. The molecule has 1 aromatic carbocycles. The molecule has 0 atom stereocenters. The van der Waals surface area contributed by atoms with Crippen molar-refractivity contribution < 1.29 is 8.42 Å². The Kier molecular flexibility index (Phi) is 4.03. The Hall–Kier alpha value is -1.34. The first kappa shape index (κ1) is 14.6. The van der Waals surface area contributed by atoms with Gasteiger partial charge in [-0.3, -0.25) is 4.57 Å². The number of para-hydroxylation sites is 1. The van der Waals surface area contributed by atoms with Crippen LogP contribution in [0.1, 0.15) is 24.6 Å². The molecule has 0 N–H and O–H groups in total. The first-order chi connectivity index (χ1) is 10.0. The normalized spacial score (nSPS) is 15.3. The van der Waals surface area contributed by atoms with Gasteiger partial charge < -0.3 is 0 Å². The zero-order valence-corrected chi connectivity index (χ0v) is 13.4. The van der Waals surface area contributed by atoms with Crippen LogP contribution in [-0.2, 0) is 9.84 Å². The van der Waals surface area contributed by atoms with E-state index in [0.717, 1.165) is 29.5 Å². The Morgan fingerprint density at radius 2 is 1.95 bits per heavy atom. The van der Waals surface area contributed by atoms with Gasteiger partial charge in [-0.25, -0.2) is 8.42 Å². The van der Waals surface area contributed by atoms with Gasteiger partial charge in [-0.15, -0.1) is 10.2 Å². The van der Waals surface area contributed by atoms with Gasteiger partial charge in [0.05, 0.1) is 5.75 Å². The summed E-state index contributed by atoms with van der Waals surface area (Å²) in [4.78, 5) is 0. The second-order valence-electron chi connectivity index (χ2n) is 5.26. The Morgan fingerprint density at radius 3 is 2.57 bits per heavy atom. The molecule has 21 heavy (non-hydrogen) atoms. The van der Waals surface area contributed by atoms with Crippen LogP contribution in [0.5, 0.6) is 0 Å². The van der Waals surface area contributed by atoms with Crippen molar-refractivity contribution in [3.05, 3.63) is 36.2 Å². The lowest BCUT2D eigenvalue weighted by molar-refractivity contribution is 0.603. The fourth-order valence-electron chi connectivity index (χ4n) is 2.08. The summed E-state index contributed by atoms with van der Waals surface area (Å²) in [5.74, 6) is 2.12. The highest BCUT2D eigenvalue weighted by Gasteiger charge is 2.30. The molecule has 1 aromatic heterocycles. The van der Waals surface area contributed by atoms with E-state index in [4.69, 9.17) is 0 Å². The quantitative estimate of drug-likeness (QED) is 0.763. The Balaban J connectivity index is 1.87. The largest absolute Gasteiger partial charge is 0.274 e. The summed E-state index contributed by atoms with van der Waals surface area (Å²) >= 11 is 1.44. The second kappa shape index (κ2) is 5.81. The molecule has 1 aliphatic carbocycles. The van der Waals surface area contributed by atoms with Crippen LogP contribution in [0, 0.1) is 0 Å². The van der Waals surface area contributed by atoms with Gasteiger partial charge in [-0.2, -0.15) is 0 Å². The maximum atomic E-state index is 11.2.